The van der Waals surface area contributed by atoms with Gasteiger partial charge in [0.25, 0.3) is 5.91 Å². The molecule has 1 aliphatic rings. The normalized spacial score (nSPS) is 15.8. The number of hydrazone groups is 1. The lowest BCUT2D eigenvalue weighted by molar-refractivity contribution is -0.135. The molecule has 8 nitrogen and oxygen atoms in total. The number of anilines is 2. The van der Waals surface area contributed by atoms with Gasteiger partial charge in [0, 0.05) is 11.8 Å². The molecule has 3 heterocycles. The Morgan fingerprint density at radius 3 is 2.83 bits per heavy atom. The van der Waals surface area contributed by atoms with E-state index in [0.29, 0.717) is 22.3 Å². The number of aromatic nitrogens is 1. The van der Waals surface area contributed by atoms with E-state index >= 15 is 0 Å². The van der Waals surface area contributed by atoms with E-state index in [1.165, 1.54) is 11.3 Å². The minimum Gasteiger partial charge on any atom is -0.463 e. The van der Waals surface area contributed by atoms with Gasteiger partial charge in [-0.25, -0.2) is 9.78 Å². The maximum atomic E-state index is 13.0. The van der Waals surface area contributed by atoms with Crippen LogP contribution in [0.25, 0.3) is 11.5 Å². The summed E-state index contributed by atoms with van der Waals surface area (Å²) in [6.45, 7) is 1.97. The molecular formula is C20H18N4O4S. The molecule has 0 bridgehead atoms. The fourth-order valence-electron chi connectivity index (χ4n) is 2.93. The second-order valence-electron chi connectivity index (χ2n) is 6.17. The first-order valence-electron chi connectivity index (χ1n) is 9.05. The van der Waals surface area contributed by atoms with Gasteiger partial charge in [-0.05, 0) is 31.2 Å². The molecule has 0 saturated heterocycles. The molecule has 1 atom stereocenters. The SMILES string of the molecule is CCOC(=O)C1=NN(c2ccccc2)C(C(=O)Nc2nc(-c3ccco3)cs2)C1. The lowest BCUT2D eigenvalue weighted by Gasteiger charge is -2.22. The van der Waals surface area contributed by atoms with Crippen molar-refractivity contribution in [2.24, 2.45) is 5.10 Å². The number of nitrogens with one attached hydrogen (secondary N) is 1. The summed E-state index contributed by atoms with van der Waals surface area (Å²) in [5, 5.41) is 11.0. The minimum atomic E-state index is -0.687. The van der Waals surface area contributed by atoms with E-state index in [0.717, 1.165) is 0 Å². The lowest BCUT2D eigenvalue weighted by atomic mass is 10.1. The number of benzene rings is 1. The molecule has 1 N–H and O–H groups in total. The number of para-hydroxylation sites is 1. The Bertz CT molecular complexity index is 1030. The Balaban J connectivity index is 1.54. The highest BCUT2D eigenvalue weighted by atomic mass is 32.1. The van der Waals surface area contributed by atoms with Gasteiger partial charge in [-0.2, -0.15) is 5.10 Å². The van der Waals surface area contributed by atoms with Gasteiger partial charge in [0.2, 0.25) is 0 Å². The Kier molecular flexibility index (Phi) is 5.39. The Morgan fingerprint density at radius 2 is 2.10 bits per heavy atom. The fraction of sp³-hybridized carbons (Fsp3) is 0.200. The molecule has 4 rings (SSSR count). The summed E-state index contributed by atoms with van der Waals surface area (Å²) in [5.74, 6) is -0.197. The topological polar surface area (TPSA) is 97.0 Å². The third kappa shape index (κ3) is 4.04. The van der Waals surface area contributed by atoms with Crippen LogP contribution in [-0.2, 0) is 14.3 Å². The van der Waals surface area contributed by atoms with Gasteiger partial charge >= 0.3 is 5.97 Å². The number of furan rings is 1. The van der Waals surface area contributed by atoms with Crippen molar-refractivity contribution in [1.29, 1.82) is 0 Å². The summed E-state index contributed by atoms with van der Waals surface area (Å²) in [5.41, 5.74) is 1.57. The lowest BCUT2D eigenvalue weighted by Crippen LogP contribution is -2.38. The summed E-state index contributed by atoms with van der Waals surface area (Å²) >= 11 is 1.30. The number of rotatable bonds is 6. The predicted octanol–water partition coefficient (Wildman–Crippen LogP) is 3.54. The zero-order valence-corrected chi connectivity index (χ0v) is 16.4. The highest BCUT2D eigenvalue weighted by molar-refractivity contribution is 7.14. The van der Waals surface area contributed by atoms with Crippen molar-refractivity contribution in [3.63, 3.8) is 0 Å². The molecule has 29 heavy (non-hydrogen) atoms. The standard InChI is InChI=1S/C20H18N4O4S/c1-2-27-19(26)14-11-16(24(23-14)13-7-4-3-5-8-13)18(25)22-20-21-15(12-29-20)17-9-6-10-28-17/h3-10,12,16H,2,11H2,1H3,(H,21,22,25). The van der Waals surface area contributed by atoms with Crippen LogP contribution in [0.2, 0.25) is 0 Å². The summed E-state index contributed by atoms with van der Waals surface area (Å²) < 4.78 is 10.4. The van der Waals surface area contributed by atoms with Crippen LogP contribution in [0.4, 0.5) is 10.8 Å². The molecule has 1 aromatic carbocycles. The zero-order chi connectivity index (χ0) is 20.2. The van der Waals surface area contributed by atoms with Gasteiger partial charge in [-0.15, -0.1) is 11.3 Å². The van der Waals surface area contributed by atoms with Crippen LogP contribution < -0.4 is 10.3 Å². The van der Waals surface area contributed by atoms with Crippen LogP contribution in [0.5, 0.6) is 0 Å². The van der Waals surface area contributed by atoms with Crippen LogP contribution >= 0.6 is 11.3 Å². The first-order chi connectivity index (χ1) is 14.2. The van der Waals surface area contributed by atoms with Crippen LogP contribution in [0, 0.1) is 0 Å². The van der Waals surface area contributed by atoms with Crippen LogP contribution in [0.3, 0.4) is 0 Å². The number of esters is 1. The monoisotopic (exact) mass is 410 g/mol. The highest BCUT2D eigenvalue weighted by Crippen LogP contribution is 2.28. The van der Waals surface area contributed by atoms with E-state index in [1.807, 2.05) is 30.3 Å². The van der Waals surface area contributed by atoms with Gasteiger partial charge in [-0.3, -0.25) is 9.80 Å². The van der Waals surface area contributed by atoms with Gasteiger partial charge in [0.15, 0.2) is 10.9 Å². The zero-order valence-electron chi connectivity index (χ0n) is 15.6. The van der Waals surface area contributed by atoms with Crippen LogP contribution in [0.15, 0.2) is 63.6 Å². The van der Waals surface area contributed by atoms with Crippen molar-refractivity contribution in [1.82, 2.24) is 4.98 Å². The van der Waals surface area contributed by atoms with E-state index < -0.39 is 12.0 Å². The van der Waals surface area contributed by atoms with Crippen molar-refractivity contribution in [3.05, 3.63) is 54.1 Å². The summed E-state index contributed by atoms with van der Waals surface area (Å²) in [7, 11) is 0. The first kappa shape index (κ1) is 18.9. The number of amides is 1. The maximum absolute atomic E-state index is 13.0. The second kappa shape index (κ2) is 8.27. The molecule has 0 fully saturated rings. The first-order valence-corrected chi connectivity index (χ1v) is 9.93. The fourth-order valence-corrected chi connectivity index (χ4v) is 3.63. The van der Waals surface area contributed by atoms with E-state index in [9.17, 15) is 9.59 Å². The van der Waals surface area contributed by atoms with E-state index in [2.05, 4.69) is 15.4 Å². The van der Waals surface area contributed by atoms with Crippen molar-refractivity contribution in [2.75, 3.05) is 16.9 Å². The Hall–Kier alpha value is -3.46. The molecule has 9 heteroatoms. The average Bonchev–Trinajstić information content (AvgIpc) is 3.48. The molecule has 0 spiro atoms. The molecule has 0 radical (unpaired) electrons. The van der Waals surface area contributed by atoms with E-state index in [1.54, 1.807) is 35.7 Å². The Morgan fingerprint density at radius 1 is 1.28 bits per heavy atom. The number of hydrogen-bond acceptors (Lipinski definition) is 8. The predicted molar refractivity (Wildman–Crippen MR) is 110 cm³/mol. The number of thiazole rings is 1. The number of nitrogens with zero attached hydrogens (tertiary/aromatic N) is 3. The molecule has 2 aromatic heterocycles. The van der Waals surface area contributed by atoms with Crippen molar-refractivity contribution in [3.8, 4) is 11.5 Å². The molecular weight excluding hydrogens is 392 g/mol. The summed E-state index contributed by atoms with van der Waals surface area (Å²) in [6.07, 6.45) is 1.72. The number of hydrogen-bond donors (Lipinski definition) is 1. The molecule has 1 aliphatic heterocycles. The Labute approximate surface area is 170 Å². The molecule has 3 aromatic rings. The van der Waals surface area contributed by atoms with Crippen LogP contribution in [-0.4, -0.2) is 35.2 Å². The molecule has 0 aliphatic carbocycles. The molecule has 148 valence electrons. The van der Waals surface area contributed by atoms with Gasteiger partial charge in [0.1, 0.15) is 17.4 Å². The van der Waals surface area contributed by atoms with E-state index in [4.69, 9.17) is 9.15 Å². The van der Waals surface area contributed by atoms with E-state index in [-0.39, 0.29) is 24.6 Å². The molecule has 0 saturated carbocycles. The molecule has 1 unspecified atom stereocenters. The van der Waals surface area contributed by atoms with Crippen LogP contribution in [0.1, 0.15) is 13.3 Å². The third-order valence-electron chi connectivity index (χ3n) is 4.25. The minimum absolute atomic E-state index is 0.149. The highest BCUT2D eigenvalue weighted by Gasteiger charge is 2.37. The average molecular weight is 410 g/mol. The van der Waals surface area contributed by atoms with Crippen molar-refractivity contribution < 1.29 is 18.7 Å². The summed E-state index contributed by atoms with van der Waals surface area (Å²) in [4.78, 5) is 29.5. The smallest absolute Gasteiger partial charge is 0.354 e. The second-order valence-corrected chi connectivity index (χ2v) is 7.03. The van der Waals surface area contributed by atoms with Crippen molar-refractivity contribution >= 4 is 39.7 Å². The quantitative estimate of drug-likeness (QED) is 0.625. The largest absolute Gasteiger partial charge is 0.463 e. The number of ether oxygens (including phenoxy) is 1. The number of carbonyl (C=O) groups is 2. The molecule has 1 amide bonds. The van der Waals surface area contributed by atoms with Crippen molar-refractivity contribution in [2.45, 2.75) is 19.4 Å². The summed E-state index contributed by atoms with van der Waals surface area (Å²) in [6, 6.07) is 12.1. The maximum Gasteiger partial charge on any atom is 0.354 e. The van der Waals surface area contributed by atoms with Gasteiger partial charge in [0.05, 0.1) is 18.6 Å². The van der Waals surface area contributed by atoms with Gasteiger partial charge < -0.3 is 14.5 Å². The number of carbonyl (C=O) groups excluding carboxylic acids is 2. The van der Waals surface area contributed by atoms with Gasteiger partial charge in [-0.1, -0.05) is 18.2 Å². The third-order valence-corrected chi connectivity index (χ3v) is 5.01.